The van der Waals surface area contributed by atoms with Crippen molar-refractivity contribution in [2.45, 2.75) is 52.0 Å². The molecule has 1 unspecified atom stereocenters. The van der Waals surface area contributed by atoms with Crippen molar-refractivity contribution in [3.8, 4) is 0 Å². The molecule has 5 nitrogen and oxygen atoms in total. The molecule has 2 aromatic rings. The number of aromatic nitrogens is 2. The van der Waals surface area contributed by atoms with Crippen molar-refractivity contribution in [2.24, 2.45) is 13.0 Å². The first kappa shape index (κ1) is 18.5. The summed E-state index contributed by atoms with van der Waals surface area (Å²) in [6.07, 6.45) is 3.06. The number of aryl methyl sites for hydroxylation is 2. The highest BCUT2D eigenvalue weighted by Crippen LogP contribution is 2.44. The summed E-state index contributed by atoms with van der Waals surface area (Å²) < 4.78 is 1.78. The van der Waals surface area contributed by atoms with Crippen LogP contribution in [0.25, 0.3) is 0 Å². The van der Waals surface area contributed by atoms with Crippen LogP contribution >= 0.6 is 0 Å². The van der Waals surface area contributed by atoms with Gasteiger partial charge < -0.3 is 10.6 Å². The number of hydrogen-bond acceptors (Lipinski definition) is 2. The summed E-state index contributed by atoms with van der Waals surface area (Å²) in [6.45, 7) is 9.19. The van der Waals surface area contributed by atoms with Gasteiger partial charge in [-0.25, -0.2) is 4.79 Å². The molecule has 1 heterocycles. The van der Waals surface area contributed by atoms with Crippen LogP contribution in [0.2, 0.25) is 0 Å². The number of hydrogen-bond donors (Lipinski definition) is 2. The summed E-state index contributed by atoms with van der Waals surface area (Å²) in [4.78, 5) is 12.4. The molecular formula is C21H30N4O. The van der Waals surface area contributed by atoms with E-state index >= 15 is 0 Å². The van der Waals surface area contributed by atoms with Crippen LogP contribution in [0.5, 0.6) is 0 Å². The first-order chi connectivity index (χ1) is 12.4. The van der Waals surface area contributed by atoms with Gasteiger partial charge in [0.2, 0.25) is 0 Å². The maximum absolute atomic E-state index is 12.4. The van der Waals surface area contributed by atoms with Crippen molar-refractivity contribution >= 4 is 6.03 Å². The Morgan fingerprint density at radius 3 is 2.58 bits per heavy atom. The normalized spacial score (nSPS) is 20.1. The van der Waals surface area contributed by atoms with Crippen molar-refractivity contribution in [3.05, 3.63) is 52.8 Å². The SMILES string of the molecule is Cc1nn(C)cc1C(C)NC(=O)NC[C@@H]1C[C@@H](C(C)C)c2ccccc21. The van der Waals surface area contributed by atoms with E-state index in [4.69, 9.17) is 0 Å². The highest BCUT2D eigenvalue weighted by Gasteiger charge is 2.32. The van der Waals surface area contributed by atoms with Crippen LogP contribution in [-0.2, 0) is 7.05 Å². The summed E-state index contributed by atoms with van der Waals surface area (Å²) in [5.41, 5.74) is 4.84. The second-order valence-corrected chi connectivity index (χ2v) is 7.83. The quantitative estimate of drug-likeness (QED) is 0.852. The molecule has 0 saturated heterocycles. The van der Waals surface area contributed by atoms with Crippen molar-refractivity contribution in [1.29, 1.82) is 0 Å². The minimum Gasteiger partial charge on any atom is -0.338 e. The van der Waals surface area contributed by atoms with E-state index in [0.717, 1.165) is 17.7 Å². The molecule has 0 fully saturated rings. The minimum absolute atomic E-state index is 0.0667. The molecule has 1 aromatic heterocycles. The topological polar surface area (TPSA) is 59.0 Å². The molecule has 3 atom stereocenters. The lowest BCUT2D eigenvalue weighted by molar-refractivity contribution is 0.237. The zero-order valence-corrected chi connectivity index (χ0v) is 16.4. The van der Waals surface area contributed by atoms with Gasteiger partial charge in [0.15, 0.2) is 0 Å². The van der Waals surface area contributed by atoms with Crippen LogP contribution in [0.3, 0.4) is 0 Å². The van der Waals surface area contributed by atoms with Gasteiger partial charge in [-0.3, -0.25) is 4.68 Å². The molecule has 1 aromatic carbocycles. The fourth-order valence-electron chi connectivity index (χ4n) is 4.19. The number of carbonyl (C=O) groups is 1. The molecule has 0 spiro atoms. The van der Waals surface area contributed by atoms with Crippen LogP contribution in [0.15, 0.2) is 30.5 Å². The minimum atomic E-state index is -0.119. The summed E-state index contributed by atoms with van der Waals surface area (Å²) in [5.74, 6) is 1.58. The molecule has 140 valence electrons. The number of nitrogens with zero attached hydrogens (tertiary/aromatic N) is 2. The lowest BCUT2D eigenvalue weighted by Gasteiger charge is -2.18. The Balaban J connectivity index is 1.59. The lowest BCUT2D eigenvalue weighted by Crippen LogP contribution is -2.39. The Hall–Kier alpha value is -2.30. The largest absolute Gasteiger partial charge is 0.338 e. The first-order valence-electron chi connectivity index (χ1n) is 9.50. The van der Waals surface area contributed by atoms with Gasteiger partial charge in [0.1, 0.15) is 0 Å². The molecular weight excluding hydrogens is 324 g/mol. The fraction of sp³-hybridized carbons (Fsp3) is 0.524. The van der Waals surface area contributed by atoms with Crippen LogP contribution in [0, 0.1) is 12.8 Å². The van der Waals surface area contributed by atoms with E-state index in [1.807, 2.05) is 27.1 Å². The number of nitrogens with one attached hydrogen (secondary N) is 2. The Kier molecular flexibility index (Phi) is 5.35. The third-order valence-electron chi connectivity index (χ3n) is 5.55. The number of urea groups is 1. The Morgan fingerprint density at radius 2 is 1.96 bits per heavy atom. The molecule has 0 aliphatic heterocycles. The maximum Gasteiger partial charge on any atom is 0.315 e. The van der Waals surface area contributed by atoms with Gasteiger partial charge in [0.05, 0.1) is 11.7 Å². The number of carbonyl (C=O) groups excluding carboxylic acids is 1. The zero-order chi connectivity index (χ0) is 18.8. The smallest absolute Gasteiger partial charge is 0.315 e. The van der Waals surface area contributed by atoms with Gasteiger partial charge in [-0.1, -0.05) is 38.1 Å². The Labute approximate surface area is 156 Å². The van der Waals surface area contributed by atoms with E-state index in [2.05, 4.69) is 53.8 Å². The Morgan fingerprint density at radius 1 is 1.27 bits per heavy atom. The van der Waals surface area contributed by atoms with Crippen LogP contribution < -0.4 is 10.6 Å². The molecule has 0 saturated carbocycles. The summed E-state index contributed by atoms with van der Waals surface area (Å²) in [6, 6.07) is 8.49. The van der Waals surface area contributed by atoms with Crippen molar-refractivity contribution in [3.63, 3.8) is 0 Å². The standard InChI is InChI=1S/C21H30N4O/c1-13(2)19-10-16(17-8-6-7-9-18(17)19)11-22-21(26)23-14(3)20-12-25(5)24-15(20)4/h6-9,12-14,16,19H,10-11H2,1-5H3,(H2,22,23,26)/t14?,16-,19-/m0/s1. The second-order valence-electron chi connectivity index (χ2n) is 7.83. The second kappa shape index (κ2) is 7.52. The van der Waals surface area contributed by atoms with Crippen LogP contribution in [0.4, 0.5) is 4.79 Å². The van der Waals surface area contributed by atoms with Gasteiger partial charge in [-0.05, 0) is 43.2 Å². The monoisotopic (exact) mass is 354 g/mol. The number of rotatable bonds is 5. The lowest BCUT2D eigenvalue weighted by atomic mass is 9.90. The van der Waals surface area contributed by atoms with Gasteiger partial charge in [0, 0.05) is 31.3 Å². The molecule has 26 heavy (non-hydrogen) atoms. The predicted octanol–water partition coefficient (Wildman–Crippen LogP) is 4.02. The van der Waals surface area contributed by atoms with Crippen molar-refractivity contribution in [2.75, 3.05) is 6.54 Å². The highest BCUT2D eigenvalue weighted by molar-refractivity contribution is 5.74. The van der Waals surface area contributed by atoms with Gasteiger partial charge in [-0.15, -0.1) is 0 Å². The molecule has 2 amide bonds. The third-order valence-corrected chi connectivity index (χ3v) is 5.55. The highest BCUT2D eigenvalue weighted by atomic mass is 16.2. The van der Waals surface area contributed by atoms with E-state index in [1.54, 1.807) is 4.68 Å². The van der Waals surface area contributed by atoms with Gasteiger partial charge in [0.25, 0.3) is 0 Å². The molecule has 2 N–H and O–H groups in total. The first-order valence-corrected chi connectivity index (χ1v) is 9.50. The van der Waals surface area contributed by atoms with Crippen LogP contribution in [-0.4, -0.2) is 22.4 Å². The van der Waals surface area contributed by atoms with Crippen LogP contribution in [0.1, 0.15) is 67.5 Å². The van der Waals surface area contributed by atoms with Crippen molar-refractivity contribution in [1.82, 2.24) is 20.4 Å². The third kappa shape index (κ3) is 3.76. The molecule has 0 radical (unpaired) electrons. The molecule has 1 aliphatic rings. The molecule has 5 heteroatoms. The number of benzene rings is 1. The predicted molar refractivity (Wildman–Crippen MR) is 104 cm³/mol. The van der Waals surface area contributed by atoms with E-state index in [0.29, 0.717) is 24.3 Å². The summed E-state index contributed by atoms with van der Waals surface area (Å²) in [7, 11) is 1.89. The summed E-state index contributed by atoms with van der Waals surface area (Å²) >= 11 is 0. The van der Waals surface area contributed by atoms with Crippen molar-refractivity contribution < 1.29 is 4.79 Å². The average molecular weight is 354 g/mol. The van der Waals surface area contributed by atoms with E-state index < -0.39 is 0 Å². The number of amides is 2. The molecule has 1 aliphatic carbocycles. The number of fused-ring (bicyclic) bond motifs is 1. The average Bonchev–Trinajstić information content (AvgIpc) is 3.13. The zero-order valence-electron chi connectivity index (χ0n) is 16.4. The van der Waals surface area contributed by atoms with Gasteiger partial charge >= 0.3 is 6.03 Å². The van der Waals surface area contributed by atoms with E-state index in [1.165, 1.54) is 11.1 Å². The summed E-state index contributed by atoms with van der Waals surface area (Å²) in [5, 5.41) is 10.4. The molecule has 3 rings (SSSR count). The Bertz CT molecular complexity index is 780. The fourth-order valence-corrected chi connectivity index (χ4v) is 4.19. The van der Waals surface area contributed by atoms with E-state index in [9.17, 15) is 4.79 Å². The van der Waals surface area contributed by atoms with Gasteiger partial charge in [-0.2, -0.15) is 5.10 Å². The molecule has 0 bridgehead atoms. The van der Waals surface area contributed by atoms with E-state index in [-0.39, 0.29) is 12.1 Å². The maximum atomic E-state index is 12.4.